The highest BCUT2D eigenvalue weighted by Gasteiger charge is 2.34. The molecule has 1 aliphatic heterocycles. The van der Waals surface area contributed by atoms with Gasteiger partial charge in [0.05, 0.1) is 6.04 Å². The van der Waals surface area contributed by atoms with Crippen LogP contribution in [0.3, 0.4) is 0 Å². The number of aromatic nitrogens is 1. The monoisotopic (exact) mass is 325 g/mol. The molecule has 0 spiro atoms. The molecular weight excluding hydrogens is 302 g/mol. The lowest BCUT2D eigenvalue weighted by Crippen LogP contribution is -2.56. The van der Waals surface area contributed by atoms with Crippen LogP contribution in [-0.4, -0.2) is 40.2 Å². The van der Waals surface area contributed by atoms with Gasteiger partial charge in [0.15, 0.2) is 0 Å². The minimum Gasteiger partial charge on any atom is -0.444 e. The number of piperidine rings is 1. The van der Waals surface area contributed by atoms with Crippen molar-refractivity contribution in [3.8, 4) is 0 Å². The van der Waals surface area contributed by atoms with Crippen LogP contribution >= 0.6 is 11.6 Å². The Morgan fingerprint density at radius 3 is 2.82 bits per heavy atom. The summed E-state index contributed by atoms with van der Waals surface area (Å²) in [7, 11) is 0. The molecule has 1 aliphatic rings. The van der Waals surface area contributed by atoms with Crippen molar-refractivity contribution >= 4 is 17.7 Å². The van der Waals surface area contributed by atoms with E-state index in [1.165, 1.54) is 0 Å². The third-order valence-electron chi connectivity index (χ3n) is 3.69. The summed E-state index contributed by atoms with van der Waals surface area (Å²) in [6, 6.07) is 3.54. The van der Waals surface area contributed by atoms with Crippen LogP contribution < -0.4 is 5.73 Å². The number of carbonyl (C=O) groups excluding carboxylic acids is 1. The number of hydrogen-bond donors (Lipinski definition) is 1. The first-order valence-electron chi connectivity index (χ1n) is 7.62. The fraction of sp³-hybridized carbons (Fsp3) is 0.625. The molecule has 2 atom stereocenters. The predicted octanol–water partition coefficient (Wildman–Crippen LogP) is 3.00. The highest BCUT2D eigenvalue weighted by Crippen LogP contribution is 2.23. The molecule has 0 radical (unpaired) electrons. The van der Waals surface area contributed by atoms with Gasteiger partial charge in [-0.1, -0.05) is 17.7 Å². The van der Waals surface area contributed by atoms with E-state index in [1.807, 2.05) is 26.8 Å². The number of hydrogen-bond acceptors (Lipinski definition) is 4. The van der Waals surface area contributed by atoms with Crippen LogP contribution in [0.5, 0.6) is 0 Å². The second kappa shape index (κ2) is 6.84. The van der Waals surface area contributed by atoms with E-state index in [0.717, 1.165) is 18.4 Å². The first-order chi connectivity index (χ1) is 10.3. The number of ether oxygens (including phenoxy) is 1. The third-order valence-corrected chi connectivity index (χ3v) is 3.92. The Hall–Kier alpha value is -1.33. The second-order valence-electron chi connectivity index (χ2n) is 6.74. The molecule has 1 amide bonds. The Balaban J connectivity index is 2.12. The number of nitrogens with zero attached hydrogens (tertiary/aromatic N) is 2. The van der Waals surface area contributed by atoms with E-state index in [2.05, 4.69) is 4.98 Å². The van der Waals surface area contributed by atoms with Gasteiger partial charge in [-0.2, -0.15) is 0 Å². The van der Waals surface area contributed by atoms with Crippen LogP contribution in [0.2, 0.25) is 5.15 Å². The summed E-state index contributed by atoms with van der Waals surface area (Å²) in [6.45, 7) is 6.28. The molecule has 0 aliphatic carbocycles. The second-order valence-corrected chi connectivity index (χ2v) is 7.13. The lowest BCUT2D eigenvalue weighted by Gasteiger charge is -2.40. The maximum absolute atomic E-state index is 12.4. The van der Waals surface area contributed by atoms with Gasteiger partial charge in [0.25, 0.3) is 0 Å². The fourth-order valence-electron chi connectivity index (χ4n) is 2.66. The zero-order chi connectivity index (χ0) is 16.3. The number of halogens is 1. The van der Waals surface area contributed by atoms with E-state index < -0.39 is 5.60 Å². The van der Waals surface area contributed by atoms with Gasteiger partial charge >= 0.3 is 6.09 Å². The van der Waals surface area contributed by atoms with Crippen molar-refractivity contribution in [2.24, 2.45) is 5.73 Å². The smallest absolute Gasteiger partial charge is 0.410 e. The van der Waals surface area contributed by atoms with Crippen LogP contribution in [0.25, 0.3) is 0 Å². The number of likely N-dealkylation sites (tertiary alicyclic amines) is 1. The van der Waals surface area contributed by atoms with Crippen molar-refractivity contribution in [2.75, 3.05) is 6.54 Å². The summed E-state index contributed by atoms with van der Waals surface area (Å²) in [4.78, 5) is 18.3. The average Bonchev–Trinajstić information content (AvgIpc) is 2.41. The van der Waals surface area contributed by atoms with Crippen molar-refractivity contribution in [3.05, 3.63) is 29.0 Å². The van der Waals surface area contributed by atoms with Crippen molar-refractivity contribution in [2.45, 2.75) is 57.7 Å². The molecule has 2 heterocycles. The maximum atomic E-state index is 12.4. The molecule has 22 heavy (non-hydrogen) atoms. The summed E-state index contributed by atoms with van der Waals surface area (Å²) in [5, 5.41) is 0.459. The van der Waals surface area contributed by atoms with Crippen molar-refractivity contribution in [3.63, 3.8) is 0 Å². The zero-order valence-electron chi connectivity index (χ0n) is 13.4. The van der Waals surface area contributed by atoms with E-state index in [1.54, 1.807) is 17.2 Å². The summed E-state index contributed by atoms with van der Waals surface area (Å²) < 4.78 is 5.51. The largest absolute Gasteiger partial charge is 0.444 e. The van der Waals surface area contributed by atoms with Crippen LogP contribution in [-0.2, 0) is 11.2 Å². The lowest BCUT2D eigenvalue weighted by atomic mass is 9.92. The van der Waals surface area contributed by atoms with Gasteiger partial charge < -0.3 is 15.4 Å². The molecule has 122 valence electrons. The van der Waals surface area contributed by atoms with Crippen molar-refractivity contribution < 1.29 is 9.53 Å². The molecule has 1 aromatic heterocycles. The molecule has 0 bridgehead atoms. The summed E-state index contributed by atoms with van der Waals surface area (Å²) in [5.41, 5.74) is 6.76. The van der Waals surface area contributed by atoms with Crippen molar-refractivity contribution in [1.82, 2.24) is 9.88 Å². The van der Waals surface area contributed by atoms with Gasteiger partial charge in [-0.05, 0) is 51.7 Å². The first-order valence-corrected chi connectivity index (χ1v) is 8.00. The predicted molar refractivity (Wildman–Crippen MR) is 86.9 cm³/mol. The number of carbonyl (C=O) groups is 1. The highest BCUT2D eigenvalue weighted by atomic mass is 35.5. The molecule has 6 heteroatoms. The summed E-state index contributed by atoms with van der Waals surface area (Å²) in [5.74, 6) is 0. The Labute approximate surface area is 136 Å². The Kier molecular flexibility index (Phi) is 5.29. The van der Waals surface area contributed by atoms with Gasteiger partial charge in [-0.3, -0.25) is 0 Å². The van der Waals surface area contributed by atoms with Crippen LogP contribution in [0.4, 0.5) is 4.79 Å². The summed E-state index contributed by atoms with van der Waals surface area (Å²) in [6.07, 6.45) is 3.90. The Morgan fingerprint density at radius 2 is 2.23 bits per heavy atom. The first kappa shape index (κ1) is 17.0. The van der Waals surface area contributed by atoms with E-state index in [4.69, 9.17) is 22.1 Å². The minimum absolute atomic E-state index is 0.0584. The minimum atomic E-state index is -0.509. The van der Waals surface area contributed by atoms with Gasteiger partial charge in [0, 0.05) is 18.8 Å². The Morgan fingerprint density at radius 1 is 1.50 bits per heavy atom. The SMILES string of the molecule is CC(C)(C)OC(=O)N1CCC[C@@H](N)[C@H]1Cc1ccc(Cl)nc1. The maximum Gasteiger partial charge on any atom is 0.410 e. The lowest BCUT2D eigenvalue weighted by molar-refractivity contribution is 0.00694. The molecule has 0 saturated carbocycles. The molecule has 1 fully saturated rings. The molecule has 5 nitrogen and oxygen atoms in total. The van der Waals surface area contributed by atoms with E-state index in [0.29, 0.717) is 18.1 Å². The molecule has 0 aromatic carbocycles. The molecular formula is C16H24ClN3O2. The van der Waals surface area contributed by atoms with Gasteiger partial charge in [0.2, 0.25) is 0 Å². The standard InChI is InChI=1S/C16H24ClN3O2/c1-16(2,3)22-15(21)20-8-4-5-12(18)13(20)9-11-6-7-14(17)19-10-11/h6-7,10,12-13H,4-5,8-9,18H2,1-3H3/t12-,13-/m1/s1. The van der Waals surface area contributed by atoms with Crippen molar-refractivity contribution in [1.29, 1.82) is 0 Å². The molecule has 2 rings (SSSR count). The van der Waals surface area contributed by atoms with Crippen LogP contribution in [0.1, 0.15) is 39.2 Å². The van der Waals surface area contributed by atoms with Gasteiger partial charge in [-0.25, -0.2) is 9.78 Å². The quantitative estimate of drug-likeness (QED) is 0.849. The van der Waals surface area contributed by atoms with E-state index in [9.17, 15) is 4.79 Å². The number of amides is 1. The number of nitrogens with two attached hydrogens (primary N) is 1. The Bertz CT molecular complexity index is 513. The molecule has 2 N–H and O–H groups in total. The zero-order valence-corrected chi connectivity index (χ0v) is 14.1. The third kappa shape index (κ3) is 4.58. The van der Waals surface area contributed by atoms with Crippen LogP contribution in [0, 0.1) is 0 Å². The summed E-state index contributed by atoms with van der Waals surface area (Å²) >= 11 is 5.81. The number of pyridine rings is 1. The average molecular weight is 326 g/mol. The normalized spacial score (nSPS) is 22.5. The number of rotatable bonds is 2. The topological polar surface area (TPSA) is 68.5 Å². The fourth-order valence-corrected chi connectivity index (χ4v) is 2.78. The molecule has 1 saturated heterocycles. The molecule has 1 aromatic rings. The van der Waals surface area contributed by atoms with Crippen LogP contribution in [0.15, 0.2) is 18.3 Å². The van der Waals surface area contributed by atoms with Gasteiger partial charge in [-0.15, -0.1) is 0 Å². The van der Waals surface area contributed by atoms with E-state index >= 15 is 0 Å². The highest BCUT2D eigenvalue weighted by molar-refractivity contribution is 6.29. The van der Waals surface area contributed by atoms with Gasteiger partial charge in [0.1, 0.15) is 10.8 Å². The van der Waals surface area contributed by atoms with E-state index in [-0.39, 0.29) is 18.2 Å². The molecule has 0 unspecified atom stereocenters.